The van der Waals surface area contributed by atoms with Gasteiger partial charge in [-0.25, -0.2) is 4.98 Å². The number of ether oxygens (including phenoxy) is 1. The molecule has 26 heavy (non-hydrogen) atoms. The fourth-order valence-corrected chi connectivity index (χ4v) is 4.04. The first kappa shape index (κ1) is 15.7. The molecule has 5 heteroatoms. The summed E-state index contributed by atoms with van der Waals surface area (Å²) in [7, 11) is 1.79. The third kappa shape index (κ3) is 2.63. The number of rotatable bonds is 4. The van der Waals surface area contributed by atoms with E-state index in [9.17, 15) is 0 Å². The fourth-order valence-electron chi connectivity index (χ4n) is 4.04. The molecule has 0 N–H and O–H groups in total. The van der Waals surface area contributed by atoms with Gasteiger partial charge in [0.1, 0.15) is 5.82 Å². The molecule has 0 amide bonds. The lowest BCUT2D eigenvalue weighted by atomic mass is 9.77. The Balaban J connectivity index is 1.32. The lowest BCUT2D eigenvalue weighted by molar-refractivity contribution is 0.0243. The van der Waals surface area contributed by atoms with Crippen LogP contribution in [0, 0.1) is 0 Å². The molecule has 2 aromatic heterocycles. The number of anilines is 1. The SMILES string of the molecule is COC1CC(c2nccnc2C2CN(c3ccc4ccccc4n3)C2)C1. The summed E-state index contributed by atoms with van der Waals surface area (Å²) in [5, 5.41) is 1.18. The smallest absolute Gasteiger partial charge is 0.129 e. The fraction of sp³-hybridized carbons (Fsp3) is 0.381. The highest BCUT2D eigenvalue weighted by Crippen LogP contribution is 2.41. The number of pyridine rings is 1. The van der Waals surface area contributed by atoms with Crippen LogP contribution in [0.3, 0.4) is 0 Å². The maximum Gasteiger partial charge on any atom is 0.129 e. The molecule has 132 valence electrons. The predicted octanol–water partition coefficient (Wildman–Crippen LogP) is 3.52. The molecule has 1 aliphatic heterocycles. The van der Waals surface area contributed by atoms with E-state index >= 15 is 0 Å². The van der Waals surface area contributed by atoms with Crippen LogP contribution in [0.1, 0.15) is 36.1 Å². The van der Waals surface area contributed by atoms with Crippen LogP contribution in [0.25, 0.3) is 10.9 Å². The van der Waals surface area contributed by atoms with Gasteiger partial charge in [-0.2, -0.15) is 0 Å². The lowest BCUT2D eigenvalue weighted by Crippen LogP contribution is -2.46. The van der Waals surface area contributed by atoms with Crippen LogP contribution in [0.2, 0.25) is 0 Å². The van der Waals surface area contributed by atoms with Gasteiger partial charge in [0.15, 0.2) is 0 Å². The minimum absolute atomic E-state index is 0.384. The third-order valence-electron chi connectivity index (χ3n) is 5.75. The van der Waals surface area contributed by atoms with Crippen molar-refractivity contribution in [2.24, 2.45) is 0 Å². The largest absolute Gasteiger partial charge is 0.381 e. The van der Waals surface area contributed by atoms with Crippen molar-refractivity contribution >= 4 is 16.7 Å². The number of para-hydroxylation sites is 1. The molecular formula is C21H22N4O. The molecule has 2 aliphatic rings. The molecule has 3 aromatic rings. The molecule has 3 heterocycles. The molecule has 1 aromatic carbocycles. The second-order valence-electron chi connectivity index (χ2n) is 7.32. The number of nitrogens with zero attached hydrogens (tertiary/aromatic N) is 4. The molecular weight excluding hydrogens is 324 g/mol. The topological polar surface area (TPSA) is 51.1 Å². The van der Waals surface area contributed by atoms with Gasteiger partial charge < -0.3 is 9.64 Å². The third-order valence-corrected chi connectivity index (χ3v) is 5.75. The number of methoxy groups -OCH3 is 1. The van der Waals surface area contributed by atoms with Gasteiger partial charge in [-0.1, -0.05) is 18.2 Å². The molecule has 0 radical (unpaired) electrons. The Hall–Kier alpha value is -2.53. The summed E-state index contributed by atoms with van der Waals surface area (Å²) in [5.74, 6) is 1.98. The Labute approximate surface area is 153 Å². The van der Waals surface area contributed by atoms with Gasteiger partial charge in [-0.05, 0) is 31.0 Å². The quantitative estimate of drug-likeness (QED) is 0.723. The Morgan fingerprint density at radius 2 is 1.65 bits per heavy atom. The van der Waals surface area contributed by atoms with Crippen LogP contribution >= 0.6 is 0 Å². The van der Waals surface area contributed by atoms with E-state index in [1.165, 1.54) is 16.8 Å². The molecule has 0 unspecified atom stereocenters. The van der Waals surface area contributed by atoms with Crippen molar-refractivity contribution in [1.82, 2.24) is 15.0 Å². The van der Waals surface area contributed by atoms with Gasteiger partial charge >= 0.3 is 0 Å². The van der Waals surface area contributed by atoms with E-state index in [1.807, 2.05) is 24.5 Å². The van der Waals surface area contributed by atoms with Crippen molar-refractivity contribution in [3.05, 3.63) is 60.2 Å². The number of fused-ring (bicyclic) bond motifs is 1. The Morgan fingerprint density at radius 3 is 2.42 bits per heavy atom. The average molecular weight is 346 g/mol. The van der Waals surface area contributed by atoms with Crippen molar-refractivity contribution in [2.75, 3.05) is 25.1 Å². The van der Waals surface area contributed by atoms with E-state index in [1.54, 1.807) is 7.11 Å². The molecule has 0 spiro atoms. The zero-order valence-corrected chi connectivity index (χ0v) is 14.9. The predicted molar refractivity (Wildman–Crippen MR) is 102 cm³/mol. The summed E-state index contributed by atoms with van der Waals surface area (Å²) in [6.45, 7) is 1.91. The number of hydrogen-bond donors (Lipinski definition) is 0. The molecule has 0 atom stereocenters. The van der Waals surface area contributed by atoms with E-state index in [0.717, 1.165) is 37.3 Å². The average Bonchev–Trinajstić information content (AvgIpc) is 2.61. The van der Waals surface area contributed by atoms with Crippen molar-refractivity contribution in [3.8, 4) is 0 Å². The van der Waals surface area contributed by atoms with Crippen molar-refractivity contribution in [3.63, 3.8) is 0 Å². The van der Waals surface area contributed by atoms with Gasteiger partial charge in [0.05, 0.1) is 23.0 Å². The minimum Gasteiger partial charge on any atom is -0.381 e. The van der Waals surface area contributed by atoms with E-state index in [4.69, 9.17) is 9.72 Å². The highest BCUT2D eigenvalue weighted by Gasteiger charge is 2.38. The van der Waals surface area contributed by atoms with E-state index in [-0.39, 0.29) is 0 Å². The number of hydrogen-bond acceptors (Lipinski definition) is 5. The van der Waals surface area contributed by atoms with Crippen molar-refractivity contribution in [2.45, 2.75) is 30.8 Å². The normalized spacial score (nSPS) is 22.9. The highest BCUT2D eigenvalue weighted by atomic mass is 16.5. The molecule has 2 fully saturated rings. The summed E-state index contributed by atoms with van der Waals surface area (Å²) in [4.78, 5) is 16.5. The molecule has 5 rings (SSSR count). The monoisotopic (exact) mass is 346 g/mol. The number of benzene rings is 1. The molecule has 5 nitrogen and oxygen atoms in total. The molecule has 1 aliphatic carbocycles. The zero-order valence-electron chi connectivity index (χ0n) is 14.9. The summed E-state index contributed by atoms with van der Waals surface area (Å²) < 4.78 is 5.42. The second kappa shape index (κ2) is 6.32. The second-order valence-corrected chi connectivity index (χ2v) is 7.32. The van der Waals surface area contributed by atoms with Crippen LogP contribution in [0.15, 0.2) is 48.8 Å². The zero-order chi connectivity index (χ0) is 17.5. The molecule has 1 saturated carbocycles. The summed E-state index contributed by atoms with van der Waals surface area (Å²) >= 11 is 0. The minimum atomic E-state index is 0.384. The standard InChI is InChI=1S/C21H22N4O/c1-26-17-10-15(11-17)20-21(23-9-8-22-20)16-12-25(13-16)19-7-6-14-4-2-3-5-18(14)24-19/h2-9,15-17H,10-13H2,1H3. The van der Waals surface area contributed by atoms with Crippen molar-refractivity contribution in [1.29, 1.82) is 0 Å². The van der Waals surface area contributed by atoms with E-state index in [2.05, 4.69) is 39.1 Å². The molecule has 1 saturated heterocycles. The highest BCUT2D eigenvalue weighted by molar-refractivity contribution is 5.80. The van der Waals surface area contributed by atoms with Crippen LogP contribution in [-0.2, 0) is 4.74 Å². The maximum absolute atomic E-state index is 5.42. The summed E-state index contributed by atoms with van der Waals surface area (Å²) in [5.41, 5.74) is 3.40. The van der Waals surface area contributed by atoms with Gasteiger partial charge in [0.2, 0.25) is 0 Å². The van der Waals surface area contributed by atoms with Crippen LogP contribution in [0.5, 0.6) is 0 Å². The Bertz CT molecular complexity index is 932. The van der Waals surface area contributed by atoms with Crippen LogP contribution < -0.4 is 4.90 Å². The first-order chi connectivity index (χ1) is 12.8. The Morgan fingerprint density at radius 1 is 0.923 bits per heavy atom. The van der Waals surface area contributed by atoms with Crippen LogP contribution in [-0.4, -0.2) is 41.3 Å². The Kier molecular flexibility index (Phi) is 3.82. The first-order valence-electron chi connectivity index (χ1n) is 9.26. The van der Waals surface area contributed by atoms with Gasteiger partial charge in [0.25, 0.3) is 0 Å². The maximum atomic E-state index is 5.42. The lowest BCUT2D eigenvalue weighted by Gasteiger charge is -2.42. The van der Waals surface area contributed by atoms with Gasteiger partial charge in [-0.15, -0.1) is 0 Å². The van der Waals surface area contributed by atoms with Gasteiger partial charge in [0, 0.05) is 49.8 Å². The summed E-state index contributed by atoms with van der Waals surface area (Å²) in [6, 6.07) is 12.5. The van der Waals surface area contributed by atoms with Crippen LogP contribution in [0.4, 0.5) is 5.82 Å². The number of aromatic nitrogens is 3. The van der Waals surface area contributed by atoms with Gasteiger partial charge in [-0.3, -0.25) is 9.97 Å². The van der Waals surface area contributed by atoms with Crippen molar-refractivity contribution < 1.29 is 4.74 Å². The molecule has 0 bridgehead atoms. The van der Waals surface area contributed by atoms with E-state index in [0.29, 0.717) is 17.9 Å². The first-order valence-corrected chi connectivity index (χ1v) is 9.26. The summed E-state index contributed by atoms with van der Waals surface area (Å²) in [6.07, 6.45) is 6.15. The van der Waals surface area contributed by atoms with E-state index < -0.39 is 0 Å².